The van der Waals surface area contributed by atoms with Gasteiger partial charge < -0.3 is 19.2 Å². The van der Waals surface area contributed by atoms with Gasteiger partial charge in [-0.1, -0.05) is 0 Å². The second kappa shape index (κ2) is 9.37. The van der Waals surface area contributed by atoms with E-state index in [9.17, 15) is 5.11 Å². The zero-order valence-corrected chi connectivity index (χ0v) is 17.4. The highest BCUT2D eigenvalue weighted by molar-refractivity contribution is 7.15. The van der Waals surface area contributed by atoms with Crippen LogP contribution < -0.4 is 4.90 Å². The Morgan fingerprint density at radius 1 is 1.18 bits per heavy atom. The molecule has 2 aromatic heterocycles. The van der Waals surface area contributed by atoms with Crippen LogP contribution in [0.25, 0.3) is 0 Å². The zero-order valence-electron chi connectivity index (χ0n) is 16.5. The number of aliphatic hydroxyl groups excluding tert-OH is 1. The number of rotatable bonds is 7. The Morgan fingerprint density at radius 2 is 2.04 bits per heavy atom. The molecule has 7 nitrogen and oxygen atoms in total. The molecule has 4 rings (SSSR count). The van der Waals surface area contributed by atoms with Crippen LogP contribution in [0.4, 0.5) is 5.13 Å². The van der Waals surface area contributed by atoms with Crippen LogP contribution in [0, 0.1) is 6.92 Å². The van der Waals surface area contributed by atoms with E-state index in [0.717, 1.165) is 82.1 Å². The Morgan fingerprint density at radius 3 is 2.79 bits per heavy atom. The van der Waals surface area contributed by atoms with Crippen molar-refractivity contribution in [1.29, 1.82) is 0 Å². The number of aryl methyl sites for hydroxylation is 1. The number of morpholine rings is 1. The first kappa shape index (κ1) is 19.8. The van der Waals surface area contributed by atoms with E-state index in [1.54, 1.807) is 11.3 Å². The van der Waals surface area contributed by atoms with Crippen LogP contribution in [0.5, 0.6) is 0 Å². The molecule has 28 heavy (non-hydrogen) atoms. The fourth-order valence-corrected chi connectivity index (χ4v) is 5.00. The Kier molecular flexibility index (Phi) is 6.64. The predicted molar refractivity (Wildman–Crippen MR) is 110 cm³/mol. The number of nitrogens with zero attached hydrogens (tertiary/aromatic N) is 4. The van der Waals surface area contributed by atoms with E-state index in [4.69, 9.17) is 9.15 Å². The van der Waals surface area contributed by atoms with Gasteiger partial charge in [-0.05, 0) is 25.5 Å². The molecule has 0 unspecified atom stereocenters. The fraction of sp³-hybridized carbons (Fsp3) is 0.650. The molecule has 0 spiro atoms. The summed E-state index contributed by atoms with van der Waals surface area (Å²) in [6, 6.07) is 4.42. The number of hydrogen-bond acceptors (Lipinski definition) is 8. The first-order chi connectivity index (χ1) is 13.7. The molecule has 0 radical (unpaired) electrons. The van der Waals surface area contributed by atoms with E-state index in [2.05, 4.69) is 25.8 Å². The number of thiazole rings is 1. The molecule has 0 amide bonds. The number of hydrogen-bond donors (Lipinski definition) is 1. The quantitative estimate of drug-likeness (QED) is 0.754. The van der Waals surface area contributed by atoms with Crippen molar-refractivity contribution in [3.8, 4) is 0 Å². The lowest BCUT2D eigenvalue weighted by atomic mass is 10.1. The van der Waals surface area contributed by atoms with Crippen LogP contribution in [0.3, 0.4) is 0 Å². The van der Waals surface area contributed by atoms with E-state index in [0.29, 0.717) is 6.04 Å². The number of ether oxygens (including phenoxy) is 1. The van der Waals surface area contributed by atoms with Gasteiger partial charge in [0.2, 0.25) is 0 Å². The summed E-state index contributed by atoms with van der Waals surface area (Å²) in [5.74, 6) is 1.96. The largest absolute Gasteiger partial charge is 0.465 e. The lowest BCUT2D eigenvalue weighted by molar-refractivity contribution is 0.0458. The van der Waals surface area contributed by atoms with Crippen LogP contribution in [0.15, 0.2) is 22.7 Å². The van der Waals surface area contributed by atoms with Gasteiger partial charge in [0.15, 0.2) is 5.13 Å². The third-order valence-corrected chi connectivity index (χ3v) is 6.55. The molecule has 2 aliphatic rings. The van der Waals surface area contributed by atoms with Gasteiger partial charge in [0.25, 0.3) is 0 Å². The third-order valence-electron chi connectivity index (χ3n) is 5.51. The molecule has 0 bridgehead atoms. The van der Waals surface area contributed by atoms with Gasteiger partial charge in [0.1, 0.15) is 11.5 Å². The Bertz CT molecular complexity index is 743. The molecule has 2 aliphatic heterocycles. The number of aromatic nitrogens is 1. The summed E-state index contributed by atoms with van der Waals surface area (Å²) in [6.45, 7) is 10.3. The summed E-state index contributed by atoms with van der Waals surface area (Å²) in [7, 11) is 0. The van der Waals surface area contributed by atoms with Gasteiger partial charge in [-0.25, -0.2) is 4.98 Å². The summed E-state index contributed by atoms with van der Waals surface area (Å²) < 4.78 is 11.2. The molecule has 2 aromatic rings. The Balaban J connectivity index is 1.34. The maximum absolute atomic E-state index is 9.54. The molecule has 0 saturated carbocycles. The second-order valence-electron chi connectivity index (χ2n) is 7.59. The Labute approximate surface area is 170 Å². The highest BCUT2D eigenvalue weighted by atomic mass is 32.1. The van der Waals surface area contributed by atoms with Crippen molar-refractivity contribution in [2.45, 2.75) is 32.5 Å². The summed E-state index contributed by atoms with van der Waals surface area (Å²) in [4.78, 5) is 13.2. The second-order valence-corrected chi connectivity index (χ2v) is 8.69. The van der Waals surface area contributed by atoms with E-state index in [-0.39, 0.29) is 6.61 Å². The minimum absolute atomic E-state index is 0.216. The monoisotopic (exact) mass is 406 g/mol. The van der Waals surface area contributed by atoms with Crippen molar-refractivity contribution in [3.05, 3.63) is 34.7 Å². The number of furan rings is 1. The lowest BCUT2D eigenvalue weighted by Gasteiger charge is -2.41. The molecule has 2 saturated heterocycles. The third kappa shape index (κ3) is 4.93. The molecule has 0 aliphatic carbocycles. The molecule has 1 atom stereocenters. The molecule has 8 heteroatoms. The van der Waals surface area contributed by atoms with E-state index in [1.807, 2.05) is 19.2 Å². The highest BCUT2D eigenvalue weighted by Crippen LogP contribution is 2.26. The normalized spacial score (nSPS) is 22.1. The van der Waals surface area contributed by atoms with Gasteiger partial charge in [-0.2, -0.15) is 0 Å². The van der Waals surface area contributed by atoms with Gasteiger partial charge in [-0.15, -0.1) is 11.3 Å². The van der Waals surface area contributed by atoms with E-state index in [1.165, 1.54) is 4.88 Å². The molecule has 1 N–H and O–H groups in total. The fourth-order valence-electron chi connectivity index (χ4n) is 3.99. The zero-order chi connectivity index (χ0) is 19.3. The minimum atomic E-state index is 0.216. The van der Waals surface area contributed by atoms with Crippen LogP contribution in [-0.4, -0.2) is 78.5 Å². The lowest BCUT2D eigenvalue weighted by Crippen LogP contribution is -2.52. The maximum Gasteiger partial charge on any atom is 0.185 e. The van der Waals surface area contributed by atoms with Crippen LogP contribution in [0.2, 0.25) is 0 Å². The number of anilines is 1. The Hall–Kier alpha value is -1.45. The number of piperazine rings is 1. The minimum Gasteiger partial charge on any atom is -0.465 e. The van der Waals surface area contributed by atoms with Crippen molar-refractivity contribution in [1.82, 2.24) is 14.8 Å². The molecule has 0 aromatic carbocycles. The number of aliphatic hydroxyl groups is 1. The van der Waals surface area contributed by atoms with E-state index >= 15 is 0 Å². The average molecular weight is 407 g/mol. The summed E-state index contributed by atoms with van der Waals surface area (Å²) in [5.41, 5.74) is 0. The summed E-state index contributed by atoms with van der Waals surface area (Å²) in [5, 5.41) is 10.6. The maximum atomic E-state index is 9.54. The molecule has 2 fully saturated rings. The van der Waals surface area contributed by atoms with Gasteiger partial charge >= 0.3 is 0 Å². The van der Waals surface area contributed by atoms with Crippen molar-refractivity contribution >= 4 is 16.5 Å². The van der Waals surface area contributed by atoms with Crippen molar-refractivity contribution in [2.75, 3.05) is 57.4 Å². The average Bonchev–Trinajstić information content (AvgIpc) is 3.34. The van der Waals surface area contributed by atoms with Crippen LogP contribution in [0.1, 0.15) is 22.8 Å². The summed E-state index contributed by atoms with van der Waals surface area (Å²) in [6.07, 6.45) is 2.81. The molecular weight excluding hydrogens is 376 g/mol. The van der Waals surface area contributed by atoms with Crippen molar-refractivity contribution < 1.29 is 14.3 Å². The summed E-state index contributed by atoms with van der Waals surface area (Å²) >= 11 is 1.79. The van der Waals surface area contributed by atoms with Crippen molar-refractivity contribution in [2.24, 2.45) is 0 Å². The molecule has 4 heterocycles. The van der Waals surface area contributed by atoms with Crippen LogP contribution in [-0.2, 0) is 17.8 Å². The first-order valence-electron chi connectivity index (χ1n) is 10.1. The van der Waals surface area contributed by atoms with E-state index < -0.39 is 0 Å². The standard InChI is InChI=1S/C20H30N4O3S/c1-16-2-3-18(27-16)14-24-6-5-22(13-17(24)4-9-25)15-19-12-21-20(28-19)23-7-10-26-11-8-23/h2-3,12,17,25H,4-11,13-15H2,1H3/t17-/m1/s1. The molecular formula is C20H30N4O3S. The van der Waals surface area contributed by atoms with Gasteiger partial charge in [0.05, 0.1) is 19.8 Å². The predicted octanol–water partition coefficient (Wildman–Crippen LogP) is 1.95. The van der Waals surface area contributed by atoms with Gasteiger partial charge in [0, 0.05) is 63.0 Å². The topological polar surface area (TPSA) is 65.2 Å². The smallest absolute Gasteiger partial charge is 0.185 e. The van der Waals surface area contributed by atoms with Crippen LogP contribution >= 0.6 is 11.3 Å². The SMILES string of the molecule is Cc1ccc(CN2CCN(Cc3cnc(N4CCOCC4)s3)C[C@H]2CCO)o1. The molecule has 154 valence electrons. The van der Waals surface area contributed by atoms with Crippen molar-refractivity contribution in [3.63, 3.8) is 0 Å². The van der Waals surface area contributed by atoms with Gasteiger partial charge in [-0.3, -0.25) is 9.80 Å². The first-order valence-corrected chi connectivity index (χ1v) is 10.9. The highest BCUT2D eigenvalue weighted by Gasteiger charge is 2.28.